The first kappa shape index (κ1) is 16.4. The number of hydrogen-bond acceptors (Lipinski definition) is 4. The van der Waals surface area contributed by atoms with Gasteiger partial charge in [-0.15, -0.1) is 0 Å². The molecule has 3 N–H and O–H groups in total. The van der Waals surface area contributed by atoms with E-state index in [1.807, 2.05) is 30.3 Å². The number of benzene rings is 1. The van der Waals surface area contributed by atoms with Gasteiger partial charge in [-0.3, -0.25) is 14.5 Å². The van der Waals surface area contributed by atoms with Gasteiger partial charge in [0.25, 0.3) is 0 Å². The predicted octanol–water partition coefficient (Wildman–Crippen LogP) is 2.09. The summed E-state index contributed by atoms with van der Waals surface area (Å²) in [6.45, 7) is 5.64. The zero-order valence-electron chi connectivity index (χ0n) is 12.8. The highest BCUT2D eigenvalue weighted by Gasteiger charge is 2.20. The minimum atomic E-state index is -0.431. The van der Waals surface area contributed by atoms with Crippen molar-refractivity contribution in [3.63, 3.8) is 0 Å². The van der Waals surface area contributed by atoms with E-state index >= 15 is 0 Å². The summed E-state index contributed by atoms with van der Waals surface area (Å²) < 4.78 is 3.22. The Morgan fingerprint density at radius 1 is 1.55 bits per heavy atom. The van der Waals surface area contributed by atoms with Gasteiger partial charge in [-0.05, 0) is 43.5 Å². The molecule has 2 rings (SSSR count). The Labute approximate surface area is 135 Å². The largest absolute Gasteiger partial charge is 0.366 e. The molecule has 0 fully saturated rings. The lowest BCUT2D eigenvalue weighted by Gasteiger charge is -2.18. The number of nitrogens with two attached hydrogens (primary N) is 1. The summed E-state index contributed by atoms with van der Waals surface area (Å²) >= 11 is 1.39. The fourth-order valence-electron chi connectivity index (χ4n) is 2.00. The molecule has 1 amide bonds. The molecule has 1 atom stereocenters. The third-order valence-corrected chi connectivity index (χ3v) is 4.05. The first-order valence-corrected chi connectivity index (χ1v) is 8.14. The molecule has 7 heteroatoms. The molecule has 1 aliphatic rings. The van der Waals surface area contributed by atoms with E-state index in [1.165, 1.54) is 11.9 Å². The summed E-state index contributed by atoms with van der Waals surface area (Å²) in [5, 5.41) is 6.27. The van der Waals surface area contributed by atoms with E-state index < -0.39 is 5.91 Å². The molecule has 0 saturated heterocycles. The molecule has 0 spiro atoms. The van der Waals surface area contributed by atoms with Gasteiger partial charge in [0, 0.05) is 29.1 Å². The van der Waals surface area contributed by atoms with Crippen LogP contribution in [0.15, 0.2) is 39.3 Å². The molecule has 1 aromatic rings. The van der Waals surface area contributed by atoms with E-state index in [1.54, 1.807) is 12.1 Å². The van der Waals surface area contributed by atoms with Crippen molar-refractivity contribution < 1.29 is 4.79 Å². The summed E-state index contributed by atoms with van der Waals surface area (Å²) in [5.41, 5.74) is 5.79. The molecule has 1 unspecified atom stereocenters. The van der Waals surface area contributed by atoms with E-state index in [9.17, 15) is 4.79 Å². The first-order chi connectivity index (χ1) is 10.6. The number of nitrogens with one attached hydrogen (secondary N) is 1. The van der Waals surface area contributed by atoms with Crippen LogP contribution in [0.3, 0.4) is 0 Å². The Balaban J connectivity index is 2.01. The van der Waals surface area contributed by atoms with Crippen LogP contribution in [0.5, 0.6) is 0 Å². The van der Waals surface area contributed by atoms with Crippen LogP contribution in [0.25, 0.3) is 0 Å². The second kappa shape index (κ2) is 7.84. The van der Waals surface area contributed by atoms with Crippen molar-refractivity contribution in [2.75, 3.05) is 13.1 Å². The van der Waals surface area contributed by atoms with Crippen LogP contribution in [-0.4, -0.2) is 36.2 Å². The first-order valence-electron chi connectivity index (χ1n) is 7.32. The maximum absolute atomic E-state index is 11.2. The highest BCUT2D eigenvalue weighted by atomic mass is 32.2. The average Bonchev–Trinajstić information content (AvgIpc) is 3.00. The highest BCUT2D eigenvalue weighted by molar-refractivity contribution is 7.98. The zero-order chi connectivity index (χ0) is 15.9. The predicted molar refractivity (Wildman–Crippen MR) is 90.9 cm³/mol. The Morgan fingerprint density at radius 3 is 3.00 bits per heavy atom. The number of carbonyl (C=O) groups is 1. The lowest BCUT2D eigenvalue weighted by Crippen LogP contribution is -2.34. The van der Waals surface area contributed by atoms with Gasteiger partial charge >= 0.3 is 0 Å². The lowest BCUT2D eigenvalue weighted by molar-refractivity contribution is 0.1000. The third-order valence-electron chi connectivity index (χ3n) is 3.28. The van der Waals surface area contributed by atoms with E-state index in [4.69, 9.17) is 5.73 Å². The Bertz CT molecular complexity index is 587. The summed E-state index contributed by atoms with van der Waals surface area (Å²) in [6, 6.07) is 7.17. The number of guanidine groups is 1. The fraction of sp³-hybridized carbons (Fsp3) is 0.400. The SMILES string of the molecule is CCN=C(NSc1cccc(C(N)=O)c1)N1CC(CC)C=N1. The molecule has 118 valence electrons. The van der Waals surface area contributed by atoms with Crippen LogP contribution in [0.4, 0.5) is 0 Å². The smallest absolute Gasteiger partial charge is 0.248 e. The lowest BCUT2D eigenvalue weighted by atomic mass is 10.1. The van der Waals surface area contributed by atoms with Crippen LogP contribution in [-0.2, 0) is 0 Å². The molecule has 1 heterocycles. The molecular formula is C15H21N5OS. The maximum Gasteiger partial charge on any atom is 0.248 e. The van der Waals surface area contributed by atoms with E-state index in [0.29, 0.717) is 18.0 Å². The minimum Gasteiger partial charge on any atom is -0.366 e. The quantitative estimate of drug-likeness (QED) is 0.494. The molecule has 0 aliphatic carbocycles. The molecule has 0 saturated carbocycles. The van der Waals surface area contributed by atoms with Gasteiger partial charge in [0.05, 0.1) is 6.54 Å². The van der Waals surface area contributed by atoms with Crippen molar-refractivity contribution in [1.82, 2.24) is 9.73 Å². The Kier molecular flexibility index (Phi) is 5.83. The number of hydrazone groups is 1. The van der Waals surface area contributed by atoms with E-state index in [-0.39, 0.29) is 0 Å². The van der Waals surface area contributed by atoms with Gasteiger partial charge in [0.1, 0.15) is 0 Å². The number of rotatable bonds is 5. The third kappa shape index (κ3) is 4.24. The van der Waals surface area contributed by atoms with Gasteiger partial charge in [-0.1, -0.05) is 13.0 Å². The summed E-state index contributed by atoms with van der Waals surface area (Å²) in [4.78, 5) is 16.6. The van der Waals surface area contributed by atoms with Crippen molar-refractivity contribution in [2.45, 2.75) is 25.2 Å². The second-order valence-electron chi connectivity index (χ2n) is 4.91. The topological polar surface area (TPSA) is 83.1 Å². The van der Waals surface area contributed by atoms with Crippen molar-refractivity contribution >= 4 is 30.0 Å². The maximum atomic E-state index is 11.2. The van der Waals surface area contributed by atoms with Gasteiger partial charge in [-0.2, -0.15) is 5.10 Å². The van der Waals surface area contributed by atoms with Crippen LogP contribution in [0.1, 0.15) is 30.6 Å². The van der Waals surface area contributed by atoms with Crippen LogP contribution in [0, 0.1) is 5.92 Å². The van der Waals surface area contributed by atoms with Crippen molar-refractivity contribution in [2.24, 2.45) is 21.7 Å². The second-order valence-corrected chi connectivity index (χ2v) is 5.79. The normalized spacial score (nSPS) is 17.8. The average molecular weight is 319 g/mol. The number of amides is 1. The fourth-order valence-corrected chi connectivity index (χ4v) is 2.71. The molecule has 0 aromatic heterocycles. The van der Waals surface area contributed by atoms with E-state index in [2.05, 4.69) is 21.7 Å². The summed E-state index contributed by atoms with van der Waals surface area (Å²) in [7, 11) is 0. The molecule has 6 nitrogen and oxygen atoms in total. The number of hydrogen-bond donors (Lipinski definition) is 2. The molecule has 22 heavy (non-hydrogen) atoms. The number of nitrogens with zero attached hydrogens (tertiary/aromatic N) is 3. The minimum absolute atomic E-state index is 0.431. The van der Waals surface area contributed by atoms with Gasteiger partial charge < -0.3 is 5.73 Å². The molecule has 1 aromatic carbocycles. The standard InChI is InChI=1S/C15H21N5OS/c1-3-11-9-18-20(10-11)15(17-4-2)19-22-13-7-5-6-12(8-13)14(16)21/h5-9,11H,3-4,10H2,1-2H3,(H2,16,21)(H,17,19). The van der Waals surface area contributed by atoms with Crippen molar-refractivity contribution in [3.05, 3.63) is 29.8 Å². The van der Waals surface area contributed by atoms with Crippen molar-refractivity contribution in [1.29, 1.82) is 0 Å². The molecular weight excluding hydrogens is 298 g/mol. The summed E-state index contributed by atoms with van der Waals surface area (Å²) in [5.74, 6) is 0.760. The Hall–Kier alpha value is -2.02. The number of primary amides is 1. The van der Waals surface area contributed by atoms with E-state index in [0.717, 1.165) is 23.8 Å². The van der Waals surface area contributed by atoms with Crippen LogP contribution >= 0.6 is 11.9 Å². The highest BCUT2D eigenvalue weighted by Crippen LogP contribution is 2.18. The molecule has 0 radical (unpaired) electrons. The number of aliphatic imine (C=N–C) groups is 1. The summed E-state index contributed by atoms with van der Waals surface area (Å²) in [6.07, 6.45) is 3.03. The van der Waals surface area contributed by atoms with Gasteiger partial charge in [-0.25, -0.2) is 5.01 Å². The monoisotopic (exact) mass is 319 g/mol. The van der Waals surface area contributed by atoms with Gasteiger partial charge in [0.15, 0.2) is 0 Å². The van der Waals surface area contributed by atoms with Crippen LogP contribution in [0.2, 0.25) is 0 Å². The zero-order valence-corrected chi connectivity index (χ0v) is 13.6. The van der Waals surface area contributed by atoms with Crippen LogP contribution < -0.4 is 10.5 Å². The Morgan fingerprint density at radius 2 is 2.36 bits per heavy atom. The molecule has 0 bridgehead atoms. The van der Waals surface area contributed by atoms with Gasteiger partial charge in [0.2, 0.25) is 11.9 Å². The number of carbonyl (C=O) groups excluding carboxylic acids is 1. The molecule has 1 aliphatic heterocycles. The van der Waals surface area contributed by atoms with Crippen molar-refractivity contribution in [3.8, 4) is 0 Å².